The van der Waals surface area contributed by atoms with Gasteiger partial charge in [0.15, 0.2) is 0 Å². The summed E-state index contributed by atoms with van der Waals surface area (Å²) in [5.41, 5.74) is 6.88. The van der Waals surface area contributed by atoms with Crippen LogP contribution in [0.15, 0.2) is 28.7 Å². The van der Waals surface area contributed by atoms with Gasteiger partial charge in [0.05, 0.1) is 6.42 Å². The number of hydrogen-bond acceptors (Lipinski definition) is 2. The third-order valence-electron chi connectivity index (χ3n) is 3.19. The van der Waals surface area contributed by atoms with Crippen molar-refractivity contribution in [3.8, 4) is 0 Å². The second-order valence-corrected chi connectivity index (χ2v) is 5.34. The molecule has 0 atom stereocenters. The highest BCUT2D eigenvalue weighted by Gasteiger charge is 2.20. The van der Waals surface area contributed by atoms with Crippen molar-refractivity contribution in [3.63, 3.8) is 0 Å². The lowest BCUT2D eigenvalue weighted by Crippen LogP contribution is -2.43. The van der Waals surface area contributed by atoms with Crippen molar-refractivity contribution in [2.45, 2.75) is 25.3 Å². The standard InChI is InChI=1S/C13H17BrN2O/c14-12-4-2-1-3-10(12)9-13(17)16-7-5-11(15)6-8-16/h1-4,11H,5-9,15H2. The van der Waals surface area contributed by atoms with Crippen LogP contribution in [0.25, 0.3) is 0 Å². The number of benzene rings is 1. The number of nitrogens with zero attached hydrogens (tertiary/aromatic N) is 1. The Morgan fingerprint density at radius 3 is 2.65 bits per heavy atom. The third-order valence-corrected chi connectivity index (χ3v) is 3.97. The smallest absolute Gasteiger partial charge is 0.227 e. The van der Waals surface area contributed by atoms with Gasteiger partial charge in [0.25, 0.3) is 0 Å². The maximum atomic E-state index is 12.1. The molecule has 3 nitrogen and oxygen atoms in total. The molecule has 0 radical (unpaired) electrons. The summed E-state index contributed by atoms with van der Waals surface area (Å²) < 4.78 is 1.00. The molecule has 1 fully saturated rings. The van der Waals surface area contributed by atoms with Gasteiger partial charge in [-0.25, -0.2) is 0 Å². The van der Waals surface area contributed by atoms with E-state index in [9.17, 15) is 4.79 Å². The molecule has 4 heteroatoms. The predicted molar refractivity (Wildman–Crippen MR) is 71.6 cm³/mol. The third kappa shape index (κ3) is 3.30. The van der Waals surface area contributed by atoms with E-state index in [2.05, 4.69) is 15.9 Å². The Kier molecular flexibility index (Phi) is 4.18. The zero-order chi connectivity index (χ0) is 12.3. The van der Waals surface area contributed by atoms with Gasteiger partial charge >= 0.3 is 0 Å². The maximum absolute atomic E-state index is 12.1. The number of piperidine rings is 1. The zero-order valence-electron chi connectivity index (χ0n) is 9.73. The molecule has 2 N–H and O–H groups in total. The molecule has 0 saturated carbocycles. The Labute approximate surface area is 110 Å². The number of carbonyl (C=O) groups is 1. The first-order valence-corrected chi connectivity index (χ1v) is 6.73. The van der Waals surface area contributed by atoms with Gasteiger partial charge in [0, 0.05) is 23.6 Å². The van der Waals surface area contributed by atoms with Crippen LogP contribution in [0.2, 0.25) is 0 Å². The van der Waals surface area contributed by atoms with Gasteiger partial charge in [-0.1, -0.05) is 34.1 Å². The molecular weight excluding hydrogens is 280 g/mol. The molecule has 1 aliphatic heterocycles. The summed E-state index contributed by atoms with van der Waals surface area (Å²) in [5, 5.41) is 0. The average molecular weight is 297 g/mol. The van der Waals surface area contributed by atoms with Crippen LogP contribution in [0.4, 0.5) is 0 Å². The lowest BCUT2D eigenvalue weighted by atomic mass is 10.0. The fourth-order valence-corrected chi connectivity index (χ4v) is 2.49. The maximum Gasteiger partial charge on any atom is 0.227 e. The summed E-state index contributed by atoms with van der Waals surface area (Å²) in [6.45, 7) is 1.59. The molecule has 1 saturated heterocycles. The van der Waals surface area contributed by atoms with E-state index in [1.54, 1.807) is 0 Å². The molecule has 92 valence electrons. The van der Waals surface area contributed by atoms with Crippen LogP contribution < -0.4 is 5.73 Å². The van der Waals surface area contributed by atoms with E-state index in [0.717, 1.165) is 36.0 Å². The van der Waals surface area contributed by atoms with E-state index in [4.69, 9.17) is 5.73 Å². The van der Waals surface area contributed by atoms with Crippen molar-refractivity contribution in [1.29, 1.82) is 0 Å². The largest absolute Gasteiger partial charge is 0.342 e. The Morgan fingerprint density at radius 2 is 2.00 bits per heavy atom. The van der Waals surface area contributed by atoms with Crippen molar-refractivity contribution in [2.75, 3.05) is 13.1 Å². The number of nitrogens with two attached hydrogens (primary N) is 1. The Balaban J connectivity index is 1.95. The quantitative estimate of drug-likeness (QED) is 0.907. The van der Waals surface area contributed by atoms with Crippen LogP contribution in [0.3, 0.4) is 0 Å². The first-order valence-electron chi connectivity index (χ1n) is 5.93. The molecule has 1 aromatic rings. The Hall–Kier alpha value is -0.870. The van der Waals surface area contributed by atoms with Crippen LogP contribution in [-0.4, -0.2) is 29.9 Å². The summed E-state index contributed by atoms with van der Waals surface area (Å²) in [5.74, 6) is 0.198. The van der Waals surface area contributed by atoms with Gasteiger partial charge in [-0.2, -0.15) is 0 Å². The second kappa shape index (κ2) is 5.65. The van der Waals surface area contributed by atoms with E-state index in [0.29, 0.717) is 6.42 Å². The SMILES string of the molecule is NC1CCN(C(=O)Cc2ccccc2Br)CC1. The first kappa shape index (κ1) is 12.6. The number of amides is 1. The van der Waals surface area contributed by atoms with E-state index >= 15 is 0 Å². The average Bonchev–Trinajstić information content (AvgIpc) is 2.33. The van der Waals surface area contributed by atoms with E-state index < -0.39 is 0 Å². The summed E-state index contributed by atoms with van der Waals surface area (Å²) in [6, 6.07) is 8.13. The van der Waals surface area contributed by atoms with Crippen molar-refractivity contribution < 1.29 is 4.79 Å². The van der Waals surface area contributed by atoms with Crippen molar-refractivity contribution in [2.24, 2.45) is 5.73 Å². The van der Waals surface area contributed by atoms with Crippen LogP contribution >= 0.6 is 15.9 Å². The fourth-order valence-electron chi connectivity index (χ4n) is 2.07. The molecule has 0 aromatic heterocycles. The lowest BCUT2D eigenvalue weighted by Gasteiger charge is -2.30. The lowest BCUT2D eigenvalue weighted by molar-refractivity contribution is -0.131. The van der Waals surface area contributed by atoms with Crippen LogP contribution in [-0.2, 0) is 11.2 Å². The minimum atomic E-state index is 0.198. The molecule has 0 aliphatic carbocycles. The molecule has 1 heterocycles. The van der Waals surface area contributed by atoms with Crippen molar-refractivity contribution in [1.82, 2.24) is 4.90 Å². The van der Waals surface area contributed by atoms with Crippen LogP contribution in [0.5, 0.6) is 0 Å². The van der Waals surface area contributed by atoms with Gasteiger partial charge in [-0.05, 0) is 24.5 Å². The minimum Gasteiger partial charge on any atom is -0.342 e. The Bertz CT molecular complexity index is 400. The zero-order valence-corrected chi connectivity index (χ0v) is 11.3. The normalized spacial score (nSPS) is 17.2. The highest BCUT2D eigenvalue weighted by atomic mass is 79.9. The van der Waals surface area contributed by atoms with Crippen LogP contribution in [0, 0.1) is 0 Å². The second-order valence-electron chi connectivity index (χ2n) is 4.49. The summed E-state index contributed by atoms with van der Waals surface area (Å²) >= 11 is 3.47. The summed E-state index contributed by atoms with van der Waals surface area (Å²) in [4.78, 5) is 14.0. The molecule has 0 unspecified atom stereocenters. The minimum absolute atomic E-state index is 0.198. The molecule has 17 heavy (non-hydrogen) atoms. The van der Waals surface area contributed by atoms with Crippen molar-refractivity contribution >= 4 is 21.8 Å². The number of hydrogen-bond donors (Lipinski definition) is 1. The molecule has 1 amide bonds. The van der Waals surface area contributed by atoms with E-state index in [1.165, 1.54) is 0 Å². The summed E-state index contributed by atoms with van der Waals surface area (Å²) in [7, 11) is 0. The van der Waals surface area contributed by atoms with Gasteiger partial charge < -0.3 is 10.6 Å². The van der Waals surface area contributed by atoms with Gasteiger partial charge in [-0.15, -0.1) is 0 Å². The predicted octanol–water partition coefficient (Wildman–Crippen LogP) is 1.94. The molecule has 1 aliphatic rings. The summed E-state index contributed by atoms with van der Waals surface area (Å²) in [6.07, 6.45) is 2.31. The Morgan fingerprint density at radius 1 is 1.35 bits per heavy atom. The van der Waals surface area contributed by atoms with E-state index in [-0.39, 0.29) is 11.9 Å². The fraction of sp³-hybridized carbons (Fsp3) is 0.462. The van der Waals surface area contributed by atoms with E-state index in [1.807, 2.05) is 29.2 Å². The highest BCUT2D eigenvalue weighted by Crippen LogP contribution is 2.18. The van der Waals surface area contributed by atoms with Gasteiger partial charge in [0.1, 0.15) is 0 Å². The first-order chi connectivity index (χ1) is 8.16. The molecule has 0 bridgehead atoms. The molecule has 2 rings (SSSR count). The number of rotatable bonds is 2. The highest BCUT2D eigenvalue weighted by molar-refractivity contribution is 9.10. The van der Waals surface area contributed by atoms with Crippen LogP contribution in [0.1, 0.15) is 18.4 Å². The van der Waals surface area contributed by atoms with Gasteiger partial charge in [-0.3, -0.25) is 4.79 Å². The monoisotopic (exact) mass is 296 g/mol. The number of halogens is 1. The van der Waals surface area contributed by atoms with Gasteiger partial charge in [0.2, 0.25) is 5.91 Å². The molecule has 1 aromatic carbocycles. The van der Waals surface area contributed by atoms with Crippen molar-refractivity contribution in [3.05, 3.63) is 34.3 Å². The number of likely N-dealkylation sites (tertiary alicyclic amines) is 1. The topological polar surface area (TPSA) is 46.3 Å². The molecule has 0 spiro atoms. The molecular formula is C13H17BrN2O. The number of carbonyl (C=O) groups excluding carboxylic acids is 1.